The number of hydrogen-bond donors (Lipinski definition) is 1. The predicted octanol–water partition coefficient (Wildman–Crippen LogP) is 2.21. The first-order valence-electron chi connectivity index (χ1n) is 4.63. The molecule has 0 radical (unpaired) electrons. The summed E-state index contributed by atoms with van der Waals surface area (Å²) in [5.74, 6) is -0.320. The first-order chi connectivity index (χ1) is 7.04. The highest BCUT2D eigenvalue weighted by atomic mass is 35.5. The SMILES string of the molecule is COC(=O)CC(N)c1ccc(C)c(Cl)c1. The van der Waals surface area contributed by atoms with Crippen LogP contribution in [0.1, 0.15) is 23.6 Å². The number of benzene rings is 1. The molecule has 0 aromatic heterocycles. The van der Waals surface area contributed by atoms with E-state index in [4.69, 9.17) is 17.3 Å². The molecule has 0 aliphatic carbocycles. The summed E-state index contributed by atoms with van der Waals surface area (Å²) in [5, 5.41) is 0.660. The number of carbonyl (C=O) groups is 1. The summed E-state index contributed by atoms with van der Waals surface area (Å²) in [7, 11) is 1.34. The minimum absolute atomic E-state index is 0.163. The largest absolute Gasteiger partial charge is 0.469 e. The molecule has 3 nitrogen and oxygen atoms in total. The number of halogens is 1. The van der Waals surface area contributed by atoms with Crippen molar-refractivity contribution < 1.29 is 9.53 Å². The number of nitrogens with two attached hydrogens (primary N) is 1. The maximum Gasteiger partial charge on any atom is 0.307 e. The maximum absolute atomic E-state index is 11.0. The van der Waals surface area contributed by atoms with Crippen LogP contribution in [0.5, 0.6) is 0 Å². The van der Waals surface area contributed by atoms with Crippen molar-refractivity contribution in [3.63, 3.8) is 0 Å². The summed E-state index contributed by atoms with van der Waals surface area (Å²) < 4.78 is 4.54. The number of esters is 1. The van der Waals surface area contributed by atoms with Crippen LogP contribution >= 0.6 is 11.6 Å². The average Bonchev–Trinajstić information content (AvgIpc) is 2.21. The molecule has 0 aliphatic rings. The average molecular weight is 228 g/mol. The van der Waals surface area contributed by atoms with Gasteiger partial charge in [-0.05, 0) is 24.1 Å². The van der Waals surface area contributed by atoms with E-state index >= 15 is 0 Å². The highest BCUT2D eigenvalue weighted by molar-refractivity contribution is 6.31. The summed E-state index contributed by atoms with van der Waals surface area (Å²) in [6.45, 7) is 1.91. The zero-order valence-corrected chi connectivity index (χ0v) is 9.54. The summed E-state index contributed by atoms with van der Waals surface area (Å²) in [6, 6.07) is 5.17. The number of carbonyl (C=O) groups excluding carboxylic acids is 1. The third-order valence-corrected chi connectivity index (χ3v) is 2.65. The van der Waals surface area contributed by atoms with Gasteiger partial charge in [0, 0.05) is 11.1 Å². The zero-order chi connectivity index (χ0) is 11.4. The van der Waals surface area contributed by atoms with E-state index < -0.39 is 0 Å². The molecule has 0 amide bonds. The van der Waals surface area contributed by atoms with Crippen LogP contribution < -0.4 is 5.73 Å². The van der Waals surface area contributed by atoms with Crippen molar-refractivity contribution in [3.8, 4) is 0 Å². The van der Waals surface area contributed by atoms with Gasteiger partial charge in [-0.25, -0.2) is 0 Å². The second-order valence-electron chi connectivity index (χ2n) is 3.40. The van der Waals surface area contributed by atoms with Gasteiger partial charge >= 0.3 is 5.97 Å². The van der Waals surface area contributed by atoms with Gasteiger partial charge in [0.15, 0.2) is 0 Å². The van der Waals surface area contributed by atoms with Gasteiger partial charge in [0.25, 0.3) is 0 Å². The third kappa shape index (κ3) is 3.22. The Morgan fingerprint density at radius 3 is 2.80 bits per heavy atom. The van der Waals surface area contributed by atoms with E-state index in [9.17, 15) is 4.79 Å². The smallest absolute Gasteiger partial charge is 0.307 e. The molecule has 4 heteroatoms. The number of ether oxygens (including phenoxy) is 1. The summed E-state index contributed by atoms with van der Waals surface area (Å²) in [5.41, 5.74) is 7.67. The molecule has 1 aromatic rings. The van der Waals surface area contributed by atoms with E-state index in [0.29, 0.717) is 5.02 Å². The molecule has 0 spiro atoms. The van der Waals surface area contributed by atoms with Crippen LogP contribution in [0.3, 0.4) is 0 Å². The fraction of sp³-hybridized carbons (Fsp3) is 0.364. The maximum atomic E-state index is 11.0. The summed E-state index contributed by atoms with van der Waals surface area (Å²) in [6.07, 6.45) is 0.163. The molecule has 0 heterocycles. The van der Waals surface area contributed by atoms with Crippen molar-refractivity contribution in [2.24, 2.45) is 5.73 Å². The zero-order valence-electron chi connectivity index (χ0n) is 8.79. The highest BCUT2D eigenvalue weighted by Gasteiger charge is 2.12. The minimum atomic E-state index is -0.365. The Labute approximate surface area is 94.2 Å². The number of hydrogen-bond acceptors (Lipinski definition) is 3. The van der Waals surface area contributed by atoms with Gasteiger partial charge in [-0.1, -0.05) is 23.7 Å². The van der Waals surface area contributed by atoms with Gasteiger partial charge in [0.05, 0.1) is 13.5 Å². The number of methoxy groups -OCH3 is 1. The van der Waals surface area contributed by atoms with Crippen LogP contribution in [0, 0.1) is 6.92 Å². The molecule has 15 heavy (non-hydrogen) atoms. The van der Waals surface area contributed by atoms with Gasteiger partial charge in [-0.15, -0.1) is 0 Å². The summed E-state index contributed by atoms with van der Waals surface area (Å²) in [4.78, 5) is 11.0. The molecule has 1 rings (SSSR count). The fourth-order valence-corrected chi connectivity index (χ4v) is 1.41. The molecule has 0 saturated carbocycles. The van der Waals surface area contributed by atoms with Gasteiger partial charge in [0.1, 0.15) is 0 Å². The first-order valence-corrected chi connectivity index (χ1v) is 5.01. The van der Waals surface area contributed by atoms with Crippen molar-refractivity contribution in [3.05, 3.63) is 34.3 Å². The van der Waals surface area contributed by atoms with Crippen molar-refractivity contribution in [1.82, 2.24) is 0 Å². The monoisotopic (exact) mass is 227 g/mol. The van der Waals surface area contributed by atoms with Gasteiger partial charge in [0.2, 0.25) is 0 Å². The first kappa shape index (κ1) is 12.0. The lowest BCUT2D eigenvalue weighted by Crippen LogP contribution is -2.16. The van der Waals surface area contributed by atoms with E-state index in [-0.39, 0.29) is 18.4 Å². The van der Waals surface area contributed by atoms with Gasteiger partial charge in [-0.2, -0.15) is 0 Å². The number of aryl methyl sites for hydroxylation is 1. The molecule has 0 saturated heterocycles. The Morgan fingerprint density at radius 1 is 1.60 bits per heavy atom. The predicted molar refractivity (Wildman–Crippen MR) is 59.8 cm³/mol. The second-order valence-corrected chi connectivity index (χ2v) is 3.80. The van der Waals surface area contributed by atoms with E-state index in [1.807, 2.05) is 19.1 Å². The van der Waals surface area contributed by atoms with Crippen LogP contribution in [0.2, 0.25) is 5.02 Å². The van der Waals surface area contributed by atoms with Crippen LogP contribution in [-0.2, 0) is 9.53 Å². The topological polar surface area (TPSA) is 52.3 Å². The molecule has 2 N–H and O–H groups in total. The Kier molecular flexibility index (Phi) is 4.12. The highest BCUT2D eigenvalue weighted by Crippen LogP contribution is 2.21. The Hall–Kier alpha value is -1.06. The van der Waals surface area contributed by atoms with E-state index in [2.05, 4.69) is 4.74 Å². The van der Waals surface area contributed by atoms with Crippen molar-refractivity contribution >= 4 is 17.6 Å². The normalized spacial score (nSPS) is 12.3. The van der Waals surface area contributed by atoms with Crippen LogP contribution in [0.15, 0.2) is 18.2 Å². The summed E-state index contributed by atoms with van der Waals surface area (Å²) >= 11 is 5.96. The quantitative estimate of drug-likeness (QED) is 0.806. The standard InChI is InChI=1S/C11H14ClNO2/c1-7-3-4-8(5-9(7)12)10(13)6-11(14)15-2/h3-5,10H,6,13H2,1-2H3. The molecule has 1 unspecified atom stereocenters. The molecule has 0 fully saturated rings. The van der Waals surface area contributed by atoms with Crippen LogP contribution in [0.4, 0.5) is 0 Å². The molecular formula is C11H14ClNO2. The van der Waals surface area contributed by atoms with Crippen molar-refractivity contribution in [2.75, 3.05) is 7.11 Å². The van der Waals surface area contributed by atoms with Crippen molar-refractivity contribution in [1.29, 1.82) is 0 Å². The lowest BCUT2D eigenvalue weighted by molar-refractivity contribution is -0.141. The van der Waals surface area contributed by atoms with E-state index in [0.717, 1.165) is 11.1 Å². The Morgan fingerprint density at radius 2 is 2.27 bits per heavy atom. The molecule has 1 aromatic carbocycles. The molecule has 0 bridgehead atoms. The van der Waals surface area contributed by atoms with Crippen LogP contribution in [-0.4, -0.2) is 13.1 Å². The van der Waals surface area contributed by atoms with Gasteiger partial charge in [-0.3, -0.25) is 4.79 Å². The number of rotatable bonds is 3. The molecule has 1 atom stereocenters. The van der Waals surface area contributed by atoms with Crippen molar-refractivity contribution in [2.45, 2.75) is 19.4 Å². The lowest BCUT2D eigenvalue weighted by atomic mass is 10.0. The molecular weight excluding hydrogens is 214 g/mol. The van der Waals surface area contributed by atoms with E-state index in [1.54, 1.807) is 6.07 Å². The minimum Gasteiger partial charge on any atom is -0.469 e. The third-order valence-electron chi connectivity index (χ3n) is 2.24. The van der Waals surface area contributed by atoms with Crippen LogP contribution in [0.25, 0.3) is 0 Å². The lowest BCUT2D eigenvalue weighted by Gasteiger charge is -2.11. The second kappa shape index (κ2) is 5.14. The molecule has 82 valence electrons. The fourth-order valence-electron chi connectivity index (χ4n) is 1.22. The molecule has 0 aliphatic heterocycles. The van der Waals surface area contributed by atoms with Gasteiger partial charge < -0.3 is 10.5 Å². The van der Waals surface area contributed by atoms with E-state index in [1.165, 1.54) is 7.11 Å². The Bertz CT molecular complexity index is 366. The Balaban J connectivity index is 2.78.